The highest BCUT2D eigenvalue weighted by molar-refractivity contribution is 6.06. The molecule has 0 atom stereocenters. The van der Waals surface area contributed by atoms with Crippen molar-refractivity contribution in [3.8, 4) is 0 Å². The number of fused-ring (bicyclic) bond motifs is 1. The molecule has 3 heteroatoms. The van der Waals surface area contributed by atoms with Gasteiger partial charge in [0.2, 0.25) is 0 Å². The number of para-hydroxylation sites is 1. The summed E-state index contributed by atoms with van der Waals surface area (Å²) in [7, 11) is 0. The van der Waals surface area contributed by atoms with Crippen molar-refractivity contribution in [1.82, 2.24) is 9.97 Å². The average Bonchev–Trinajstić information content (AvgIpc) is 2.53. The molecule has 0 amide bonds. The predicted octanol–water partition coefficient (Wildman–Crippen LogP) is 3.53. The SMILES string of the molecule is O=C(C=Cc1ccc2ccccc2n1)c1cccnc1. The minimum absolute atomic E-state index is 0.0759. The first-order valence-electron chi connectivity index (χ1n) is 6.31. The Kier molecular flexibility index (Phi) is 3.33. The molecule has 0 radical (unpaired) electrons. The fourth-order valence-electron chi connectivity index (χ4n) is 1.94. The number of pyridine rings is 2. The quantitative estimate of drug-likeness (QED) is 0.534. The molecular weight excluding hydrogens is 248 g/mol. The lowest BCUT2D eigenvalue weighted by molar-refractivity contribution is 0.104. The zero-order valence-corrected chi connectivity index (χ0v) is 10.7. The van der Waals surface area contributed by atoms with Gasteiger partial charge in [-0.15, -0.1) is 0 Å². The number of hydrogen-bond acceptors (Lipinski definition) is 3. The Morgan fingerprint density at radius 3 is 2.75 bits per heavy atom. The van der Waals surface area contributed by atoms with Crippen molar-refractivity contribution >= 4 is 22.8 Å². The Balaban J connectivity index is 1.85. The molecule has 0 saturated heterocycles. The Labute approximate surface area is 116 Å². The van der Waals surface area contributed by atoms with Crippen LogP contribution in [0.5, 0.6) is 0 Å². The van der Waals surface area contributed by atoms with E-state index in [0.29, 0.717) is 5.56 Å². The lowest BCUT2D eigenvalue weighted by Gasteiger charge is -1.98. The summed E-state index contributed by atoms with van der Waals surface area (Å²) in [6.07, 6.45) is 6.45. The van der Waals surface area contributed by atoms with Gasteiger partial charge in [0, 0.05) is 23.3 Å². The molecule has 0 N–H and O–H groups in total. The molecule has 3 rings (SSSR count). The first-order valence-corrected chi connectivity index (χ1v) is 6.31. The van der Waals surface area contributed by atoms with Gasteiger partial charge in [-0.3, -0.25) is 9.78 Å². The lowest BCUT2D eigenvalue weighted by atomic mass is 10.1. The van der Waals surface area contributed by atoms with Gasteiger partial charge in [0.25, 0.3) is 0 Å². The number of nitrogens with zero attached hydrogens (tertiary/aromatic N) is 2. The summed E-state index contributed by atoms with van der Waals surface area (Å²) in [5.41, 5.74) is 2.26. The zero-order valence-electron chi connectivity index (χ0n) is 10.7. The average molecular weight is 260 g/mol. The van der Waals surface area contributed by atoms with Gasteiger partial charge in [0.1, 0.15) is 0 Å². The highest BCUT2D eigenvalue weighted by Gasteiger charge is 2.01. The van der Waals surface area contributed by atoms with Crippen LogP contribution in [0.4, 0.5) is 0 Å². The molecule has 3 nitrogen and oxygen atoms in total. The Morgan fingerprint density at radius 2 is 1.90 bits per heavy atom. The smallest absolute Gasteiger partial charge is 0.187 e. The largest absolute Gasteiger partial charge is 0.289 e. The molecule has 0 bridgehead atoms. The standard InChI is InChI=1S/C17H12N2O/c20-17(14-5-3-11-18-12-14)10-9-15-8-7-13-4-1-2-6-16(13)19-15/h1-12H. The van der Waals surface area contributed by atoms with Crippen molar-refractivity contribution < 1.29 is 4.79 Å². The van der Waals surface area contributed by atoms with Crippen LogP contribution in [0, 0.1) is 0 Å². The van der Waals surface area contributed by atoms with Gasteiger partial charge in [-0.25, -0.2) is 4.98 Å². The highest BCUT2D eigenvalue weighted by atomic mass is 16.1. The van der Waals surface area contributed by atoms with E-state index < -0.39 is 0 Å². The molecule has 0 spiro atoms. The van der Waals surface area contributed by atoms with Crippen LogP contribution in [0.3, 0.4) is 0 Å². The van der Waals surface area contributed by atoms with Crippen LogP contribution in [-0.4, -0.2) is 15.8 Å². The number of ketones is 1. The van der Waals surface area contributed by atoms with E-state index in [9.17, 15) is 4.79 Å². The molecule has 0 fully saturated rings. The second kappa shape index (κ2) is 5.45. The molecule has 20 heavy (non-hydrogen) atoms. The van der Waals surface area contributed by atoms with Crippen LogP contribution in [0.2, 0.25) is 0 Å². The summed E-state index contributed by atoms with van der Waals surface area (Å²) in [6, 6.07) is 15.3. The van der Waals surface area contributed by atoms with Gasteiger partial charge in [-0.1, -0.05) is 24.3 Å². The normalized spacial score (nSPS) is 11.0. The molecule has 3 aromatic rings. The van der Waals surface area contributed by atoms with E-state index in [1.54, 1.807) is 30.6 Å². The number of carbonyl (C=O) groups is 1. The van der Waals surface area contributed by atoms with Crippen LogP contribution < -0.4 is 0 Å². The number of allylic oxidation sites excluding steroid dienone is 1. The summed E-state index contributed by atoms with van der Waals surface area (Å²) >= 11 is 0. The van der Waals surface area contributed by atoms with Gasteiger partial charge in [-0.2, -0.15) is 0 Å². The van der Waals surface area contributed by atoms with Crippen molar-refractivity contribution in [3.05, 3.63) is 78.3 Å². The Bertz CT molecular complexity index is 779. The monoisotopic (exact) mass is 260 g/mol. The third-order valence-corrected chi connectivity index (χ3v) is 2.97. The minimum atomic E-state index is -0.0759. The molecule has 0 aliphatic rings. The zero-order chi connectivity index (χ0) is 13.8. The molecule has 2 heterocycles. The highest BCUT2D eigenvalue weighted by Crippen LogP contribution is 2.12. The van der Waals surface area contributed by atoms with Crippen molar-refractivity contribution in [3.63, 3.8) is 0 Å². The van der Waals surface area contributed by atoms with E-state index in [2.05, 4.69) is 9.97 Å². The maximum absolute atomic E-state index is 11.9. The van der Waals surface area contributed by atoms with E-state index in [1.807, 2.05) is 36.4 Å². The molecule has 96 valence electrons. The topological polar surface area (TPSA) is 42.9 Å². The molecule has 0 unspecified atom stereocenters. The van der Waals surface area contributed by atoms with Crippen molar-refractivity contribution in [2.45, 2.75) is 0 Å². The van der Waals surface area contributed by atoms with Crippen LogP contribution in [0.15, 0.2) is 67.0 Å². The first kappa shape index (κ1) is 12.2. The third kappa shape index (κ3) is 2.62. The van der Waals surface area contributed by atoms with E-state index in [4.69, 9.17) is 0 Å². The van der Waals surface area contributed by atoms with E-state index in [0.717, 1.165) is 16.6 Å². The summed E-state index contributed by atoms with van der Waals surface area (Å²) in [5, 5.41) is 1.09. The number of benzene rings is 1. The third-order valence-electron chi connectivity index (χ3n) is 2.97. The number of rotatable bonds is 3. The minimum Gasteiger partial charge on any atom is -0.289 e. The van der Waals surface area contributed by atoms with Gasteiger partial charge in [0.15, 0.2) is 5.78 Å². The number of aromatic nitrogens is 2. The molecular formula is C17H12N2O. The number of carbonyl (C=O) groups excluding carboxylic acids is 1. The molecule has 0 aliphatic heterocycles. The molecule has 0 saturated carbocycles. The summed E-state index contributed by atoms with van der Waals surface area (Å²) in [4.78, 5) is 20.3. The second-order valence-electron chi connectivity index (χ2n) is 4.37. The van der Waals surface area contributed by atoms with E-state index >= 15 is 0 Å². The van der Waals surface area contributed by atoms with E-state index in [1.165, 1.54) is 6.08 Å². The van der Waals surface area contributed by atoms with Crippen LogP contribution in [0.1, 0.15) is 16.1 Å². The number of hydrogen-bond donors (Lipinski definition) is 0. The van der Waals surface area contributed by atoms with Crippen LogP contribution in [-0.2, 0) is 0 Å². The summed E-state index contributed by atoms with van der Waals surface area (Å²) in [5.74, 6) is -0.0759. The Morgan fingerprint density at radius 1 is 1.00 bits per heavy atom. The molecule has 2 aromatic heterocycles. The van der Waals surface area contributed by atoms with Crippen molar-refractivity contribution in [2.24, 2.45) is 0 Å². The van der Waals surface area contributed by atoms with Gasteiger partial charge in [-0.05, 0) is 36.4 Å². The van der Waals surface area contributed by atoms with Crippen molar-refractivity contribution in [1.29, 1.82) is 0 Å². The summed E-state index contributed by atoms with van der Waals surface area (Å²) in [6.45, 7) is 0. The lowest BCUT2D eigenvalue weighted by Crippen LogP contribution is -1.94. The molecule has 0 aliphatic carbocycles. The predicted molar refractivity (Wildman–Crippen MR) is 79.3 cm³/mol. The van der Waals surface area contributed by atoms with Gasteiger partial charge >= 0.3 is 0 Å². The first-order chi connectivity index (χ1) is 9.83. The van der Waals surface area contributed by atoms with Crippen LogP contribution >= 0.6 is 0 Å². The fraction of sp³-hybridized carbons (Fsp3) is 0. The maximum Gasteiger partial charge on any atom is 0.187 e. The summed E-state index contributed by atoms with van der Waals surface area (Å²) < 4.78 is 0. The van der Waals surface area contributed by atoms with Gasteiger partial charge < -0.3 is 0 Å². The molecule has 1 aromatic carbocycles. The second-order valence-corrected chi connectivity index (χ2v) is 4.37. The maximum atomic E-state index is 11.9. The fourth-order valence-corrected chi connectivity index (χ4v) is 1.94. The van der Waals surface area contributed by atoms with E-state index in [-0.39, 0.29) is 5.78 Å². The van der Waals surface area contributed by atoms with Gasteiger partial charge in [0.05, 0.1) is 11.2 Å². The Hall–Kier alpha value is -2.81. The van der Waals surface area contributed by atoms with Crippen LogP contribution in [0.25, 0.3) is 17.0 Å². The van der Waals surface area contributed by atoms with Crippen molar-refractivity contribution in [2.75, 3.05) is 0 Å².